The Hall–Kier alpha value is -0.260. The molecule has 0 heterocycles. The Morgan fingerprint density at radius 2 is 2.00 bits per heavy atom. The van der Waals surface area contributed by atoms with Gasteiger partial charge in [-0.15, -0.1) is 0 Å². The van der Waals surface area contributed by atoms with Crippen molar-refractivity contribution in [1.82, 2.24) is 0 Å². The number of benzene rings is 1. The molecule has 1 saturated carbocycles. The van der Waals surface area contributed by atoms with Gasteiger partial charge in [0.15, 0.2) is 0 Å². The minimum absolute atomic E-state index is 0.0496. The first-order valence-electron chi connectivity index (χ1n) is 8.34. The average molecular weight is 473 g/mol. The van der Waals surface area contributed by atoms with Crippen molar-refractivity contribution in [3.05, 3.63) is 64.5 Å². The van der Waals surface area contributed by atoms with Crippen LogP contribution in [0.1, 0.15) is 34.1 Å². The summed E-state index contributed by atoms with van der Waals surface area (Å²) in [5, 5.41) is 1.80. The van der Waals surface area contributed by atoms with Gasteiger partial charge in [-0.25, -0.2) is 0 Å². The number of fused-ring (bicyclic) bond motifs is 2. The Morgan fingerprint density at radius 1 is 1.14 bits per heavy atom. The number of hydrogen-bond donors (Lipinski definition) is 0. The maximum atomic E-state index is 2.54. The van der Waals surface area contributed by atoms with E-state index in [-0.39, 0.29) is 7.92 Å². The fourth-order valence-electron chi connectivity index (χ4n) is 4.16. The van der Waals surface area contributed by atoms with Crippen molar-refractivity contribution in [1.29, 1.82) is 0 Å². The molecular weight excluding hydrogens is 450 g/mol. The van der Waals surface area contributed by atoms with E-state index < -0.39 is 22.9 Å². The van der Waals surface area contributed by atoms with Gasteiger partial charge in [-0.2, -0.15) is 0 Å². The summed E-state index contributed by atoms with van der Waals surface area (Å²) < 4.78 is 1.87. The van der Waals surface area contributed by atoms with Crippen LogP contribution in [-0.4, -0.2) is 13.3 Å². The Morgan fingerprint density at radius 3 is 2.86 bits per heavy atom. The normalized spacial score (nSPS) is 29.1. The van der Waals surface area contributed by atoms with Crippen molar-refractivity contribution >= 4 is 14.0 Å². The molecule has 1 aromatic carbocycles. The monoisotopic (exact) mass is 474 g/mol. The van der Waals surface area contributed by atoms with Gasteiger partial charge in [-0.05, 0) is 0 Å². The number of allylic oxidation sites excluding steroid dienone is 5. The molecule has 0 amide bonds. The summed E-state index contributed by atoms with van der Waals surface area (Å²) in [5.41, 5.74) is 5.04. The first-order chi connectivity index (χ1) is 10.7. The van der Waals surface area contributed by atoms with E-state index in [1.807, 2.05) is 5.57 Å². The van der Waals surface area contributed by atoms with E-state index in [0.717, 1.165) is 13.3 Å². The summed E-state index contributed by atoms with van der Waals surface area (Å²) in [7, 11) is 0.0496. The molecule has 112 valence electrons. The second-order valence-corrected chi connectivity index (χ2v) is 14.9. The molecule has 0 bridgehead atoms. The van der Waals surface area contributed by atoms with E-state index in [1.165, 1.54) is 24.8 Å². The molecule has 3 aliphatic rings. The molecule has 0 saturated heterocycles. The molecule has 1 aromatic rings. The molecule has 0 radical (unpaired) electrons. The SMILES string of the molecule is CP(C)C1=Cc2ccccc2[CH]1[Hf][CH]1CCC2CC=CC=C21. The minimum atomic E-state index is -0.750. The first-order valence-corrected chi connectivity index (χ1v) is 14.7. The van der Waals surface area contributed by atoms with Crippen LogP contribution in [0.15, 0.2) is 53.4 Å². The van der Waals surface area contributed by atoms with Crippen LogP contribution in [0.2, 0.25) is 3.67 Å². The van der Waals surface area contributed by atoms with Gasteiger partial charge < -0.3 is 0 Å². The Labute approximate surface area is 146 Å². The van der Waals surface area contributed by atoms with Gasteiger partial charge in [-0.1, -0.05) is 0 Å². The second-order valence-electron chi connectivity index (χ2n) is 6.85. The van der Waals surface area contributed by atoms with Crippen molar-refractivity contribution in [2.45, 2.75) is 26.6 Å². The van der Waals surface area contributed by atoms with E-state index in [2.05, 4.69) is 61.9 Å². The summed E-state index contributed by atoms with van der Waals surface area (Å²) in [6.45, 7) is 4.90. The standard InChI is InChI=1S/C11H12P.C9H11.Hf/c1-12(2)11-7-9-5-3-4-6-10(9)8-11;1-2-5-9-7-3-6-8(9)4-1;/h3-8H,1-2H3;1-2,4,6,9H,3,5,7H2;. The third kappa shape index (κ3) is 2.69. The van der Waals surface area contributed by atoms with Crippen LogP contribution in [0.25, 0.3) is 6.08 Å². The van der Waals surface area contributed by atoms with Crippen LogP contribution in [0.3, 0.4) is 0 Å². The quantitative estimate of drug-likeness (QED) is 0.374. The predicted molar refractivity (Wildman–Crippen MR) is 94.2 cm³/mol. The van der Waals surface area contributed by atoms with Crippen molar-refractivity contribution in [3.63, 3.8) is 0 Å². The van der Waals surface area contributed by atoms with Crippen LogP contribution >= 0.6 is 7.92 Å². The zero-order valence-corrected chi connectivity index (χ0v) is 17.9. The van der Waals surface area contributed by atoms with Gasteiger partial charge >= 0.3 is 147 Å². The van der Waals surface area contributed by atoms with Crippen molar-refractivity contribution in [2.24, 2.45) is 5.92 Å². The van der Waals surface area contributed by atoms with Gasteiger partial charge in [-0.3, -0.25) is 0 Å². The molecule has 0 aromatic heterocycles. The van der Waals surface area contributed by atoms with Crippen LogP contribution in [-0.2, 0) is 22.9 Å². The molecule has 2 heteroatoms. The zero-order chi connectivity index (χ0) is 15.1. The topological polar surface area (TPSA) is 0 Å². The molecule has 0 N–H and O–H groups in total. The maximum absolute atomic E-state index is 2.54. The van der Waals surface area contributed by atoms with E-state index in [9.17, 15) is 0 Å². The molecule has 22 heavy (non-hydrogen) atoms. The average Bonchev–Trinajstić information content (AvgIpc) is 3.10. The summed E-state index contributed by atoms with van der Waals surface area (Å²) in [4.78, 5) is 0. The number of hydrogen-bond acceptors (Lipinski definition) is 0. The second kappa shape index (κ2) is 6.33. The van der Waals surface area contributed by atoms with Crippen LogP contribution < -0.4 is 0 Å². The summed E-state index contributed by atoms with van der Waals surface area (Å²) in [6, 6.07) is 9.20. The van der Waals surface area contributed by atoms with Gasteiger partial charge in [0.25, 0.3) is 0 Å². The van der Waals surface area contributed by atoms with E-state index in [4.69, 9.17) is 0 Å². The fraction of sp³-hybridized carbons (Fsp3) is 0.400. The summed E-state index contributed by atoms with van der Waals surface area (Å²) in [5.74, 6) is 0.899. The van der Waals surface area contributed by atoms with E-state index in [0.29, 0.717) is 0 Å². The van der Waals surface area contributed by atoms with Gasteiger partial charge in [0.05, 0.1) is 0 Å². The summed E-state index contributed by atoms with van der Waals surface area (Å²) >= 11 is -0.750. The van der Waals surface area contributed by atoms with Gasteiger partial charge in [0.2, 0.25) is 0 Å². The molecular formula is C20H23HfP. The molecule has 0 aliphatic heterocycles. The molecule has 0 spiro atoms. The Balaban J connectivity index is 1.63. The first kappa shape index (κ1) is 15.3. The predicted octanol–water partition coefficient (Wildman–Crippen LogP) is 5.99. The molecule has 3 atom stereocenters. The number of rotatable bonds is 3. The van der Waals surface area contributed by atoms with E-state index >= 15 is 0 Å². The van der Waals surface area contributed by atoms with Crippen LogP contribution in [0.5, 0.6) is 0 Å². The fourth-order valence-corrected chi connectivity index (χ4v) is 15.6. The van der Waals surface area contributed by atoms with Crippen molar-refractivity contribution in [3.8, 4) is 0 Å². The third-order valence-corrected chi connectivity index (χ3v) is 14.7. The zero-order valence-electron chi connectivity index (χ0n) is 13.4. The molecule has 0 nitrogen and oxygen atoms in total. The third-order valence-electron chi connectivity index (χ3n) is 5.31. The molecule has 4 rings (SSSR count). The molecule has 1 fully saturated rings. The van der Waals surface area contributed by atoms with Crippen LogP contribution in [0, 0.1) is 5.92 Å². The summed E-state index contributed by atoms with van der Waals surface area (Å²) in [6.07, 6.45) is 14.0. The Kier molecular flexibility index (Phi) is 4.39. The van der Waals surface area contributed by atoms with Gasteiger partial charge in [0.1, 0.15) is 0 Å². The van der Waals surface area contributed by atoms with E-state index in [1.54, 1.807) is 10.9 Å². The molecule has 3 unspecified atom stereocenters. The van der Waals surface area contributed by atoms with Gasteiger partial charge in [0, 0.05) is 0 Å². The van der Waals surface area contributed by atoms with Crippen molar-refractivity contribution < 1.29 is 22.9 Å². The molecule has 3 aliphatic carbocycles. The van der Waals surface area contributed by atoms with Crippen molar-refractivity contribution in [2.75, 3.05) is 13.3 Å². The Bertz CT molecular complexity index is 668. The van der Waals surface area contributed by atoms with Crippen LogP contribution in [0.4, 0.5) is 0 Å².